The molecule has 0 radical (unpaired) electrons. The molecule has 0 aromatic carbocycles. The van der Waals surface area contributed by atoms with Crippen LogP contribution in [0, 0.1) is 6.92 Å². The molecular weight excluding hydrogens is 462 g/mol. The minimum absolute atomic E-state index is 0.294. The number of halogens is 1. The van der Waals surface area contributed by atoms with Crippen molar-refractivity contribution in [1.29, 1.82) is 0 Å². The Kier molecular flexibility index (Phi) is 5.77. The largest absolute Gasteiger partial charge is 0.494 e. The summed E-state index contributed by atoms with van der Waals surface area (Å²) in [6, 6.07) is 3.90. The van der Waals surface area contributed by atoms with E-state index in [0.717, 1.165) is 18.5 Å². The van der Waals surface area contributed by atoms with Gasteiger partial charge in [0.1, 0.15) is 16.4 Å². The monoisotopic (exact) mass is 481 g/mol. The van der Waals surface area contributed by atoms with Crippen LogP contribution in [0.4, 0.5) is 11.1 Å². The summed E-state index contributed by atoms with van der Waals surface area (Å²) >= 11 is 7.41. The smallest absolute Gasteiger partial charge is 0.259 e. The molecule has 33 heavy (non-hydrogen) atoms. The molecule has 1 saturated carbocycles. The van der Waals surface area contributed by atoms with Gasteiger partial charge in [-0.05, 0) is 38.3 Å². The number of rotatable bonds is 6. The topological polar surface area (TPSA) is 115 Å². The Hall–Kier alpha value is -3.37. The van der Waals surface area contributed by atoms with Gasteiger partial charge in [-0.15, -0.1) is 0 Å². The van der Waals surface area contributed by atoms with E-state index in [1.54, 1.807) is 19.4 Å². The van der Waals surface area contributed by atoms with E-state index < -0.39 is 0 Å². The highest BCUT2D eigenvalue weighted by molar-refractivity contribution is 7.22. The molecule has 1 fully saturated rings. The van der Waals surface area contributed by atoms with Crippen LogP contribution in [0.5, 0.6) is 5.75 Å². The van der Waals surface area contributed by atoms with Gasteiger partial charge in [0.05, 0.1) is 25.1 Å². The Labute approximate surface area is 198 Å². The van der Waals surface area contributed by atoms with Crippen LogP contribution < -0.4 is 15.4 Å². The zero-order valence-corrected chi connectivity index (χ0v) is 19.5. The van der Waals surface area contributed by atoms with Crippen molar-refractivity contribution < 1.29 is 9.53 Å². The first-order chi connectivity index (χ1) is 16.0. The number of anilines is 2. The summed E-state index contributed by atoms with van der Waals surface area (Å²) in [6.45, 7) is 1.85. The van der Waals surface area contributed by atoms with E-state index in [9.17, 15) is 4.79 Å². The van der Waals surface area contributed by atoms with Gasteiger partial charge in [0.25, 0.3) is 5.91 Å². The molecule has 168 valence electrons. The van der Waals surface area contributed by atoms with Gasteiger partial charge in [-0.3, -0.25) is 15.1 Å². The lowest BCUT2D eigenvalue weighted by Gasteiger charge is -2.26. The lowest BCUT2D eigenvalue weighted by molar-refractivity contribution is 0.102. The van der Waals surface area contributed by atoms with E-state index in [0.29, 0.717) is 55.1 Å². The molecular formula is C22H20ClN7O2S. The molecule has 0 atom stereocenters. The number of aromatic nitrogens is 5. The molecule has 9 nitrogen and oxygen atoms in total. The maximum atomic E-state index is 13.2. The fourth-order valence-electron chi connectivity index (χ4n) is 3.51. The molecule has 1 amide bonds. The highest BCUT2D eigenvalue weighted by Gasteiger charge is 2.21. The van der Waals surface area contributed by atoms with E-state index in [1.165, 1.54) is 30.2 Å². The third-order valence-corrected chi connectivity index (χ3v) is 6.53. The summed E-state index contributed by atoms with van der Waals surface area (Å²) < 4.78 is 5.43. The molecule has 1 aliphatic rings. The second-order valence-corrected chi connectivity index (χ2v) is 9.07. The van der Waals surface area contributed by atoms with Gasteiger partial charge in [-0.2, -0.15) is 0 Å². The van der Waals surface area contributed by atoms with Crippen molar-refractivity contribution in [1.82, 2.24) is 24.9 Å². The van der Waals surface area contributed by atoms with Crippen LogP contribution in [-0.2, 0) is 0 Å². The number of nitrogens with one attached hydrogen (secondary N) is 2. The number of hydrogen-bond acceptors (Lipinski definition) is 9. The molecule has 4 aromatic heterocycles. The van der Waals surface area contributed by atoms with Crippen LogP contribution in [0.2, 0.25) is 5.15 Å². The molecule has 4 aromatic rings. The van der Waals surface area contributed by atoms with Crippen LogP contribution in [0.1, 0.15) is 35.3 Å². The summed E-state index contributed by atoms with van der Waals surface area (Å²) in [4.78, 5) is 35.6. The van der Waals surface area contributed by atoms with E-state index >= 15 is 0 Å². The Morgan fingerprint density at radius 2 is 1.97 bits per heavy atom. The molecule has 1 aliphatic carbocycles. The van der Waals surface area contributed by atoms with Crippen molar-refractivity contribution in [3.8, 4) is 16.9 Å². The van der Waals surface area contributed by atoms with Gasteiger partial charge in [0.15, 0.2) is 9.96 Å². The van der Waals surface area contributed by atoms with Gasteiger partial charge >= 0.3 is 0 Å². The summed E-state index contributed by atoms with van der Waals surface area (Å²) in [7, 11) is 1.54. The molecule has 0 saturated heterocycles. The van der Waals surface area contributed by atoms with Crippen LogP contribution in [0.15, 0.2) is 30.7 Å². The number of methoxy groups -OCH3 is 1. The van der Waals surface area contributed by atoms with Crippen molar-refractivity contribution in [2.75, 3.05) is 17.7 Å². The molecule has 0 bridgehead atoms. The predicted molar refractivity (Wildman–Crippen MR) is 128 cm³/mol. The average Bonchev–Trinajstić information content (AvgIpc) is 3.17. The Bertz CT molecular complexity index is 1360. The van der Waals surface area contributed by atoms with E-state index in [-0.39, 0.29) is 5.91 Å². The number of nitrogens with zero attached hydrogens (tertiary/aromatic N) is 5. The quantitative estimate of drug-likeness (QED) is 0.380. The Morgan fingerprint density at radius 3 is 2.73 bits per heavy atom. The number of carbonyl (C=O) groups is 1. The Morgan fingerprint density at radius 1 is 1.12 bits per heavy atom. The highest BCUT2D eigenvalue weighted by atomic mass is 35.5. The van der Waals surface area contributed by atoms with Crippen molar-refractivity contribution in [2.45, 2.75) is 32.2 Å². The molecule has 0 unspecified atom stereocenters. The highest BCUT2D eigenvalue weighted by Crippen LogP contribution is 2.34. The molecule has 5 rings (SSSR count). The van der Waals surface area contributed by atoms with Crippen molar-refractivity contribution in [2.24, 2.45) is 0 Å². The van der Waals surface area contributed by atoms with Gasteiger partial charge in [-0.1, -0.05) is 22.9 Å². The van der Waals surface area contributed by atoms with Gasteiger partial charge < -0.3 is 10.1 Å². The van der Waals surface area contributed by atoms with Gasteiger partial charge in [0, 0.05) is 29.1 Å². The number of ether oxygens (including phenoxy) is 1. The summed E-state index contributed by atoms with van der Waals surface area (Å²) in [6.07, 6.45) is 8.21. The summed E-state index contributed by atoms with van der Waals surface area (Å²) in [5.74, 6) is 0.730. The SMILES string of the molecule is COc1cnc(Cl)cc1-c1cc(C)ncc1C(=O)Nc1nc2cnc(NC3CCC3)nc2s1. The predicted octanol–water partition coefficient (Wildman–Crippen LogP) is 4.73. The lowest BCUT2D eigenvalue weighted by Crippen LogP contribution is -2.27. The van der Waals surface area contributed by atoms with Crippen molar-refractivity contribution >= 4 is 50.3 Å². The lowest BCUT2D eigenvalue weighted by atomic mass is 9.93. The molecule has 0 aliphatic heterocycles. The maximum absolute atomic E-state index is 13.2. The first kappa shape index (κ1) is 21.5. The first-order valence-electron chi connectivity index (χ1n) is 10.4. The number of hydrogen-bond donors (Lipinski definition) is 2. The first-order valence-corrected chi connectivity index (χ1v) is 11.6. The molecule has 2 N–H and O–H groups in total. The standard InChI is InChI=1S/C22H20ClN7O2S/c1-11-6-13(14-7-18(23)25-10-17(14)32-2)15(8-24-11)19(31)29-22-28-16-9-26-21(30-20(16)33-22)27-12-4-3-5-12/h6-10,12H,3-5H2,1-2H3,(H,26,27,30)(H,28,29,31). The zero-order chi connectivity index (χ0) is 22.9. The normalized spacial score (nSPS) is 13.5. The number of carbonyl (C=O) groups excluding carboxylic acids is 1. The Balaban J connectivity index is 1.44. The number of amides is 1. The molecule has 11 heteroatoms. The van der Waals surface area contributed by atoms with Crippen molar-refractivity contribution in [3.63, 3.8) is 0 Å². The zero-order valence-electron chi connectivity index (χ0n) is 17.9. The molecule has 0 spiro atoms. The molecule has 4 heterocycles. The van der Waals surface area contributed by atoms with Crippen LogP contribution in [0.25, 0.3) is 21.5 Å². The maximum Gasteiger partial charge on any atom is 0.259 e. The van der Waals surface area contributed by atoms with Crippen LogP contribution >= 0.6 is 22.9 Å². The van der Waals surface area contributed by atoms with Gasteiger partial charge in [-0.25, -0.2) is 19.9 Å². The number of pyridine rings is 2. The van der Waals surface area contributed by atoms with Crippen LogP contribution in [-0.4, -0.2) is 44.0 Å². The average molecular weight is 482 g/mol. The van der Waals surface area contributed by atoms with E-state index in [1.807, 2.05) is 13.0 Å². The third-order valence-electron chi connectivity index (χ3n) is 5.44. The third kappa shape index (κ3) is 4.44. The second-order valence-electron chi connectivity index (χ2n) is 7.71. The minimum Gasteiger partial charge on any atom is -0.494 e. The van der Waals surface area contributed by atoms with Crippen LogP contribution in [0.3, 0.4) is 0 Å². The fraction of sp³-hybridized carbons (Fsp3) is 0.273. The van der Waals surface area contributed by atoms with E-state index in [4.69, 9.17) is 16.3 Å². The minimum atomic E-state index is -0.354. The second kappa shape index (κ2) is 8.87. The van der Waals surface area contributed by atoms with Crippen molar-refractivity contribution in [3.05, 3.63) is 47.1 Å². The number of thiazole rings is 1. The number of aryl methyl sites for hydroxylation is 1. The van der Waals surface area contributed by atoms with Gasteiger partial charge in [0.2, 0.25) is 5.95 Å². The fourth-order valence-corrected chi connectivity index (χ4v) is 4.48. The number of fused-ring (bicyclic) bond motifs is 1. The van der Waals surface area contributed by atoms with E-state index in [2.05, 4.69) is 35.6 Å². The summed E-state index contributed by atoms with van der Waals surface area (Å²) in [5.41, 5.74) is 3.01. The summed E-state index contributed by atoms with van der Waals surface area (Å²) in [5, 5.41) is 6.91.